The monoisotopic (exact) mass is 579 g/mol. The number of fused-ring (bicyclic) bond motifs is 2. The van der Waals surface area contributed by atoms with E-state index in [1.54, 1.807) is 18.8 Å². The quantitative estimate of drug-likeness (QED) is 0.361. The first-order valence-corrected chi connectivity index (χ1v) is 15.2. The van der Waals surface area contributed by atoms with Gasteiger partial charge in [0.1, 0.15) is 5.78 Å². The largest absolute Gasteiger partial charge is 2.00 e. The normalized spacial score (nSPS) is 28.6. The number of benzene rings is 1. The maximum absolute atomic E-state index is 13.6. The van der Waals surface area contributed by atoms with E-state index in [1.807, 2.05) is 70.1 Å². The number of Topliss-reactive ketones (excluding diaryl/α,β-unsaturated/α-hetero) is 1. The second-order valence-corrected chi connectivity index (χ2v) is 14.0. The van der Waals surface area contributed by atoms with Crippen LogP contribution in [-0.4, -0.2) is 37.3 Å². The van der Waals surface area contributed by atoms with Gasteiger partial charge in [-0.25, -0.2) is 12.7 Å². The van der Waals surface area contributed by atoms with Gasteiger partial charge in [0.2, 0.25) is 10.0 Å². The second kappa shape index (κ2) is 12.9. The Labute approximate surface area is 241 Å². The predicted molar refractivity (Wildman–Crippen MR) is 148 cm³/mol. The molecule has 4 nitrogen and oxygen atoms in total. The van der Waals surface area contributed by atoms with Gasteiger partial charge in [0.05, 0.1) is 5.75 Å². The van der Waals surface area contributed by atoms with E-state index in [9.17, 15) is 13.2 Å². The van der Waals surface area contributed by atoms with E-state index in [4.69, 9.17) is 0 Å². The number of likely N-dealkylation sites (N-methyl/N-ethyl adjacent to an activating group) is 1. The van der Waals surface area contributed by atoms with Crippen LogP contribution in [0.25, 0.3) is 0 Å². The zero-order valence-electron chi connectivity index (χ0n) is 22.0. The van der Waals surface area contributed by atoms with Gasteiger partial charge >= 0.3 is 17.1 Å². The number of hydrogen-bond acceptors (Lipinski definition) is 4. The van der Waals surface area contributed by atoms with E-state index < -0.39 is 15.4 Å². The van der Waals surface area contributed by atoms with Crippen LogP contribution >= 0.6 is 11.8 Å². The molecule has 37 heavy (non-hydrogen) atoms. The van der Waals surface area contributed by atoms with Gasteiger partial charge in [0, 0.05) is 35.4 Å². The zero-order chi connectivity index (χ0) is 26.0. The van der Waals surface area contributed by atoms with E-state index in [0.717, 1.165) is 17.2 Å². The minimum absolute atomic E-state index is 0. The summed E-state index contributed by atoms with van der Waals surface area (Å²) < 4.78 is 28.8. The third-order valence-electron chi connectivity index (χ3n) is 8.60. The molecule has 2 bridgehead atoms. The Bertz CT molecular complexity index is 982. The Balaban J connectivity index is 0.000000568. The summed E-state index contributed by atoms with van der Waals surface area (Å²) in [4.78, 5) is 12.9. The molecule has 1 aromatic carbocycles. The van der Waals surface area contributed by atoms with Crippen LogP contribution in [-0.2, 0) is 31.9 Å². The van der Waals surface area contributed by atoms with Crippen LogP contribution in [0, 0.1) is 79.8 Å². The maximum atomic E-state index is 13.6. The Morgan fingerprint density at radius 1 is 1.00 bits per heavy atom. The van der Waals surface area contributed by atoms with Crippen molar-refractivity contribution >= 4 is 27.6 Å². The summed E-state index contributed by atoms with van der Waals surface area (Å²) in [6, 6.07) is 9.81. The van der Waals surface area contributed by atoms with Crippen molar-refractivity contribution in [2.75, 3.05) is 12.8 Å². The molecule has 1 aromatic rings. The SMILES string of the molecule is C[C@@H]([C@H](S[C]1[CH][CH][CH][CH]1)c1ccccc1)N(C)S(=O)(=O)C[C@]12CC[C@H](CC1=O)C2(C)C.[CH]1[CH][CH][CH][CH]1.[Fe+2]. The fraction of sp³-hybridized carbons (Fsp3) is 0.433. The van der Waals surface area contributed by atoms with Gasteiger partial charge in [-0.2, -0.15) is 0 Å². The van der Waals surface area contributed by atoms with E-state index in [-0.39, 0.29) is 45.3 Å². The van der Waals surface area contributed by atoms with Crippen LogP contribution in [0.4, 0.5) is 0 Å². The summed E-state index contributed by atoms with van der Waals surface area (Å²) in [5.74, 6) is 0.373. The first-order chi connectivity index (χ1) is 17.1. The first-order valence-electron chi connectivity index (χ1n) is 12.7. The molecule has 4 aliphatic carbocycles. The molecule has 0 N–H and O–H groups in total. The molecule has 4 fully saturated rings. The third-order valence-corrected chi connectivity index (χ3v) is 12.1. The molecule has 0 aliphatic heterocycles. The predicted octanol–water partition coefficient (Wildman–Crippen LogP) is 5.89. The summed E-state index contributed by atoms with van der Waals surface area (Å²) in [6.07, 6.45) is 20.3. The average Bonchev–Trinajstić information content (AvgIpc) is 3.65. The van der Waals surface area contributed by atoms with Crippen molar-refractivity contribution in [2.24, 2.45) is 16.7 Å². The van der Waals surface area contributed by atoms with Gasteiger partial charge in [0.25, 0.3) is 0 Å². The van der Waals surface area contributed by atoms with Crippen molar-refractivity contribution in [3.63, 3.8) is 0 Å². The Hall–Kier alpha value is -0.331. The first kappa shape index (κ1) is 31.2. The van der Waals surface area contributed by atoms with Gasteiger partial charge < -0.3 is 0 Å². The minimum Gasteiger partial charge on any atom is -0.299 e. The fourth-order valence-corrected chi connectivity index (χ4v) is 9.44. The Morgan fingerprint density at radius 3 is 2.05 bits per heavy atom. The number of thioether (sulfide) groups is 1. The number of sulfonamides is 1. The number of carbonyl (C=O) groups excluding carboxylic acids is 1. The van der Waals surface area contributed by atoms with Gasteiger partial charge in [-0.3, -0.25) is 4.79 Å². The summed E-state index contributed by atoms with van der Waals surface area (Å²) in [5.41, 5.74) is 0.0925. The zero-order valence-corrected chi connectivity index (χ0v) is 24.7. The van der Waals surface area contributed by atoms with Crippen LogP contribution in [0.5, 0.6) is 0 Å². The molecule has 4 atom stereocenters. The standard InChI is InChI=1S/C25H32NO3S2.C5H5.Fe/c1-18(23(19-10-6-5-7-11-19)30-21-12-8-9-13-21)26(4)31(28,29)17-25-15-14-20(16-22(25)27)24(25,2)3;1-2-4-5-3-1;/h5-13,18,20,23H,14-17H2,1-4H3;1-5H;/q;;+2/t18-,20+,23-,25+;;/m0../s1. The van der Waals surface area contributed by atoms with Crippen molar-refractivity contribution in [1.82, 2.24) is 4.31 Å². The van der Waals surface area contributed by atoms with Gasteiger partial charge in [-0.05, 0) is 94.4 Å². The van der Waals surface area contributed by atoms with Crippen LogP contribution < -0.4 is 0 Å². The molecular formula is C30H37FeNO3S2+2. The molecular weight excluding hydrogens is 542 g/mol. The van der Waals surface area contributed by atoms with Crippen LogP contribution in [0.15, 0.2) is 30.3 Å². The summed E-state index contributed by atoms with van der Waals surface area (Å²) in [5, 5.41) is 1.07. The number of hydrogen-bond donors (Lipinski definition) is 0. The van der Waals surface area contributed by atoms with E-state index in [1.165, 1.54) is 4.31 Å². The van der Waals surface area contributed by atoms with E-state index >= 15 is 0 Å². The molecule has 0 aromatic heterocycles. The number of nitrogens with zero attached hydrogens (tertiary/aromatic N) is 1. The summed E-state index contributed by atoms with van der Waals surface area (Å²) >= 11 is 1.68. The molecule has 0 amide bonds. The molecule has 4 saturated carbocycles. The molecule has 0 unspecified atom stereocenters. The van der Waals surface area contributed by atoms with Crippen molar-refractivity contribution in [2.45, 2.75) is 51.3 Å². The Kier molecular flexibility index (Phi) is 10.9. The summed E-state index contributed by atoms with van der Waals surface area (Å²) in [6.45, 7) is 6.15. The fourth-order valence-electron chi connectivity index (χ4n) is 5.96. The summed E-state index contributed by atoms with van der Waals surface area (Å²) in [7, 11) is -1.95. The molecule has 5 rings (SSSR count). The third kappa shape index (κ3) is 6.53. The van der Waals surface area contributed by atoms with E-state index in [2.05, 4.69) is 38.8 Å². The molecule has 0 saturated heterocycles. The van der Waals surface area contributed by atoms with Crippen LogP contribution in [0.1, 0.15) is 50.8 Å². The topological polar surface area (TPSA) is 54.5 Å². The average molecular weight is 580 g/mol. The molecule has 10 radical (unpaired) electrons. The van der Waals surface area contributed by atoms with Crippen molar-refractivity contribution < 1.29 is 30.3 Å². The van der Waals surface area contributed by atoms with Crippen molar-refractivity contribution in [3.8, 4) is 0 Å². The van der Waals surface area contributed by atoms with Crippen molar-refractivity contribution in [3.05, 3.63) is 98.9 Å². The Morgan fingerprint density at radius 2 is 1.57 bits per heavy atom. The van der Waals surface area contributed by atoms with Gasteiger partial charge in [-0.1, -0.05) is 44.2 Å². The number of ketones is 1. The van der Waals surface area contributed by atoms with Gasteiger partial charge in [-0.15, -0.1) is 11.8 Å². The van der Waals surface area contributed by atoms with Crippen LogP contribution in [0.2, 0.25) is 0 Å². The minimum atomic E-state index is -3.62. The number of rotatable bonds is 8. The van der Waals surface area contributed by atoms with Crippen LogP contribution in [0.3, 0.4) is 0 Å². The van der Waals surface area contributed by atoms with Crippen molar-refractivity contribution in [1.29, 1.82) is 0 Å². The second-order valence-electron chi connectivity index (χ2n) is 10.7. The smallest absolute Gasteiger partial charge is 0.299 e. The number of carbonyl (C=O) groups is 1. The van der Waals surface area contributed by atoms with Gasteiger partial charge in [0.15, 0.2) is 0 Å². The molecule has 4 aliphatic rings. The van der Waals surface area contributed by atoms with E-state index in [0.29, 0.717) is 18.8 Å². The maximum Gasteiger partial charge on any atom is 2.00 e. The molecule has 7 heteroatoms. The molecule has 0 heterocycles. The molecule has 198 valence electrons. The molecule has 0 spiro atoms.